The lowest BCUT2D eigenvalue weighted by Crippen LogP contribution is -2.17. The molecule has 3 aromatic carbocycles. The summed E-state index contributed by atoms with van der Waals surface area (Å²) in [6.45, 7) is 1.56. The highest BCUT2D eigenvalue weighted by Crippen LogP contribution is 2.28. The van der Waals surface area contributed by atoms with E-state index in [9.17, 15) is 14.7 Å². The van der Waals surface area contributed by atoms with E-state index in [0.717, 1.165) is 36.1 Å². The van der Waals surface area contributed by atoms with Gasteiger partial charge in [-0.25, -0.2) is 0 Å². The number of anilines is 1. The van der Waals surface area contributed by atoms with Gasteiger partial charge in [0, 0.05) is 24.4 Å². The van der Waals surface area contributed by atoms with Gasteiger partial charge in [0.25, 0.3) is 5.91 Å². The van der Waals surface area contributed by atoms with Gasteiger partial charge in [-0.3, -0.25) is 9.59 Å². The number of carbonyl (C=O) groups is 2. The molecule has 1 aliphatic heterocycles. The summed E-state index contributed by atoms with van der Waals surface area (Å²) < 4.78 is 11.7. The minimum Gasteiger partial charge on any atom is -0.491 e. The van der Waals surface area contributed by atoms with Crippen molar-refractivity contribution >= 4 is 17.6 Å². The summed E-state index contributed by atoms with van der Waals surface area (Å²) in [5.74, 6) is -0.750. The van der Waals surface area contributed by atoms with E-state index in [-0.39, 0.29) is 18.4 Å². The van der Waals surface area contributed by atoms with Crippen molar-refractivity contribution in [1.29, 1.82) is 0 Å². The number of nitrogens with one attached hydrogen (secondary N) is 1. The Bertz CT molecular complexity index is 1170. The lowest BCUT2D eigenvalue weighted by atomic mass is 10.00. The third kappa shape index (κ3) is 6.01. The number of carbonyl (C=O) groups excluding carboxylic acids is 1. The van der Waals surface area contributed by atoms with Crippen molar-refractivity contribution in [1.82, 2.24) is 0 Å². The van der Waals surface area contributed by atoms with Gasteiger partial charge in [0.05, 0.1) is 12.5 Å². The maximum absolute atomic E-state index is 13.2. The normalized spacial score (nSPS) is 15.1. The third-order valence-electron chi connectivity index (χ3n) is 5.73. The highest BCUT2D eigenvalue weighted by atomic mass is 16.5. The van der Waals surface area contributed by atoms with Crippen LogP contribution in [-0.2, 0) is 22.5 Å². The molecule has 0 radical (unpaired) electrons. The van der Waals surface area contributed by atoms with E-state index >= 15 is 0 Å². The van der Waals surface area contributed by atoms with Crippen molar-refractivity contribution in [2.45, 2.75) is 31.9 Å². The summed E-state index contributed by atoms with van der Waals surface area (Å²) >= 11 is 0. The second-order valence-electron chi connectivity index (χ2n) is 8.28. The molecule has 4 rings (SSSR count). The summed E-state index contributed by atoms with van der Waals surface area (Å²) in [4.78, 5) is 24.4. The van der Waals surface area contributed by atoms with E-state index in [1.165, 1.54) is 0 Å². The highest BCUT2D eigenvalue weighted by Gasteiger charge is 2.18. The zero-order valence-corrected chi connectivity index (χ0v) is 18.8. The van der Waals surface area contributed by atoms with Crippen LogP contribution in [-0.4, -0.2) is 36.3 Å². The SMILES string of the molecule is NCc1cccc(-c2cc(OC[C@H]3CCCO3)cc(C(=O)Nc3ccccc3CC(=O)O)c2)c1. The van der Waals surface area contributed by atoms with Crippen LogP contribution in [0.1, 0.15) is 34.3 Å². The number of hydrogen-bond acceptors (Lipinski definition) is 5. The van der Waals surface area contributed by atoms with Gasteiger partial charge in [0.1, 0.15) is 12.4 Å². The molecule has 0 unspecified atom stereocenters. The minimum atomic E-state index is -0.965. The van der Waals surface area contributed by atoms with Crippen LogP contribution in [0.5, 0.6) is 5.75 Å². The average Bonchev–Trinajstić information content (AvgIpc) is 3.37. The second kappa shape index (κ2) is 11.0. The van der Waals surface area contributed by atoms with E-state index in [2.05, 4.69) is 5.32 Å². The Hall–Kier alpha value is -3.68. The van der Waals surface area contributed by atoms with Crippen LogP contribution in [0, 0.1) is 0 Å². The molecule has 176 valence electrons. The lowest BCUT2D eigenvalue weighted by Gasteiger charge is -2.15. The Kier molecular flexibility index (Phi) is 7.57. The topological polar surface area (TPSA) is 111 Å². The maximum Gasteiger partial charge on any atom is 0.307 e. The van der Waals surface area contributed by atoms with Gasteiger partial charge in [0.2, 0.25) is 0 Å². The fourth-order valence-corrected chi connectivity index (χ4v) is 3.98. The molecule has 1 fully saturated rings. The molecule has 0 aliphatic carbocycles. The highest BCUT2D eigenvalue weighted by molar-refractivity contribution is 6.06. The van der Waals surface area contributed by atoms with Crippen LogP contribution in [0.25, 0.3) is 11.1 Å². The molecule has 3 aromatic rings. The van der Waals surface area contributed by atoms with Crippen LogP contribution in [0.2, 0.25) is 0 Å². The Morgan fingerprint density at radius 1 is 1.06 bits per heavy atom. The average molecular weight is 461 g/mol. The summed E-state index contributed by atoms with van der Waals surface area (Å²) in [6, 6.07) is 20.1. The van der Waals surface area contributed by atoms with E-state index < -0.39 is 5.97 Å². The third-order valence-corrected chi connectivity index (χ3v) is 5.73. The molecule has 4 N–H and O–H groups in total. The van der Waals surface area contributed by atoms with Crippen LogP contribution in [0.3, 0.4) is 0 Å². The molecule has 1 amide bonds. The molecule has 0 spiro atoms. The van der Waals surface area contributed by atoms with Crippen molar-refractivity contribution < 1.29 is 24.2 Å². The summed E-state index contributed by atoms with van der Waals surface area (Å²) in [5, 5.41) is 12.0. The Morgan fingerprint density at radius 2 is 1.91 bits per heavy atom. The Morgan fingerprint density at radius 3 is 2.68 bits per heavy atom. The second-order valence-corrected chi connectivity index (χ2v) is 8.28. The molecule has 0 bridgehead atoms. The number of rotatable bonds is 9. The fourth-order valence-electron chi connectivity index (χ4n) is 3.98. The van der Waals surface area contributed by atoms with E-state index in [4.69, 9.17) is 15.2 Å². The quantitative estimate of drug-likeness (QED) is 0.440. The number of carboxylic acids is 1. The van der Waals surface area contributed by atoms with E-state index in [1.54, 1.807) is 36.4 Å². The van der Waals surface area contributed by atoms with Crippen molar-refractivity contribution in [2.24, 2.45) is 5.73 Å². The first kappa shape index (κ1) is 23.5. The van der Waals surface area contributed by atoms with Crippen LogP contribution in [0.4, 0.5) is 5.69 Å². The molecular formula is C27H28N2O5. The Labute approximate surface area is 198 Å². The standard InChI is InChI=1S/C27H28N2O5/c28-16-18-5-3-7-19(11-18)21-12-22(14-24(13-21)34-17-23-8-4-10-33-23)27(32)29-25-9-2-1-6-20(25)15-26(30)31/h1-3,5-7,9,11-14,23H,4,8,10,15-17,28H2,(H,29,32)(H,30,31)/t23-/m1/s1. The van der Waals surface area contributed by atoms with Crippen molar-refractivity contribution in [3.05, 3.63) is 83.4 Å². The van der Waals surface area contributed by atoms with Gasteiger partial charge in [-0.2, -0.15) is 0 Å². The van der Waals surface area contributed by atoms with Crippen LogP contribution in [0.15, 0.2) is 66.7 Å². The number of para-hydroxylation sites is 1. The molecule has 7 heteroatoms. The fraction of sp³-hybridized carbons (Fsp3) is 0.259. The maximum atomic E-state index is 13.2. The first-order chi connectivity index (χ1) is 16.5. The summed E-state index contributed by atoms with van der Waals surface area (Å²) in [6.07, 6.45) is 1.83. The number of amides is 1. The molecule has 34 heavy (non-hydrogen) atoms. The summed E-state index contributed by atoms with van der Waals surface area (Å²) in [7, 11) is 0. The zero-order valence-electron chi connectivity index (χ0n) is 18.8. The van der Waals surface area contributed by atoms with Crippen molar-refractivity contribution in [2.75, 3.05) is 18.5 Å². The van der Waals surface area contributed by atoms with Crippen molar-refractivity contribution in [3.8, 4) is 16.9 Å². The van der Waals surface area contributed by atoms with Crippen LogP contribution < -0.4 is 15.8 Å². The molecule has 7 nitrogen and oxygen atoms in total. The number of benzene rings is 3. The largest absolute Gasteiger partial charge is 0.491 e. The van der Waals surface area contributed by atoms with Gasteiger partial charge in [-0.05, 0) is 65.4 Å². The molecule has 0 saturated carbocycles. The smallest absolute Gasteiger partial charge is 0.307 e. The number of nitrogens with two attached hydrogens (primary N) is 1. The van der Waals surface area contributed by atoms with E-state index in [0.29, 0.717) is 35.7 Å². The summed E-state index contributed by atoms with van der Waals surface area (Å²) in [5.41, 5.74) is 9.94. The van der Waals surface area contributed by atoms with E-state index in [1.807, 2.05) is 30.3 Å². The predicted molar refractivity (Wildman–Crippen MR) is 130 cm³/mol. The molecule has 0 aromatic heterocycles. The lowest BCUT2D eigenvalue weighted by molar-refractivity contribution is -0.136. The monoisotopic (exact) mass is 460 g/mol. The van der Waals surface area contributed by atoms with Gasteiger partial charge in [0.15, 0.2) is 0 Å². The first-order valence-corrected chi connectivity index (χ1v) is 11.3. The molecule has 1 heterocycles. The number of ether oxygens (including phenoxy) is 2. The molecule has 1 atom stereocenters. The molecule has 1 aliphatic rings. The molecule has 1 saturated heterocycles. The number of aliphatic carboxylic acids is 1. The van der Waals surface area contributed by atoms with Gasteiger partial charge in [-0.1, -0.05) is 36.4 Å². The number of carboxylic acid groups (broad SMARTS) is 1. The number of hydrogen-bond donors (Lipinski definition) is 3. The minimum absolute atomic E-state index is 0.0457. The Balaban J connectivity index is 1.64. The van der Waals surface area contributed by atoms with Crippen molar-refractivity contribution in [3.63, 3.8) is 0 Å². The van der Waals surface area contributed by atoms with Gasteiger partial charge < -0.3 is 25.6 Å². The predicted octanol–water partition coefficient (Wildman–Crippen LogP) is 4.25. The van der Waals surface area contributed by atoms with Gasteiger partial charge in [-0.15, -0.1) is 0 Å². The zero-order chi connectivity index (χ0) is 23.9. The molecular weight excluding hydrogens is 432 g/mol. The van der Waals surface area contributed by atoms with Gasteiger partial charge >= 0.3 is 5.97 Å². The first-order valence-electron chi connectivity index (χ1n) is 11.3. The van der Waals surface area contributed by atoms with Crippen LogP contribution >= 0.6 is 0 Å².